The lowest BCUT2D eigenvalue weighted by atomic mass is 9.91. The molecule has 2 aromatic carbocycles. The zero-order chi connectivity index (χ0) is 32.1. The number of hydrogen-bond acceptors (Lipinski definition) is 6. The zero-order valence-corrected chi connectivity index (χ0v) is 23.8. The molecule has 0 aliphatic heterocycles. The van der Waals surface area contributed by atoms with Gasteiger partial charge in [0.25, 0.3) is 5.91 Å². The lowest BCUT2D eigenvalue weighted by molar-refractivity contribution is -0.134. The maximum atomic E-state index is 15.6. The average molecular weight is 654 g/mol. The minimum absolute atomic E-state index is 0.0639. The molecule has 2 aromatic heterocycles. The number of benzene rings is 2. The Bertz CT molecular complexity index is 1840. The van der Waals surface area contributed by atoms with Gasteiger partial charge in [0.2, 0.25) is 11.8 Å². The van der Waals surface area contributed by atoms with Crippen LogP contribution in [0, 0.1) is 17.7 Å². The van der Waals surface area contributed by atoms with E-state index in [1.54, 1.807) is 0 Å². The standard InChI is InChI=1S/C28H21ClF5N5O4S/c29-17-5-4-11(25(35)41)6-14(17)13-2-1-3-18(22(13)31)37-27(43)16-8-12(30)7-15(16)20(40)10-39-19-9-21(28(32,33)34)44-24(19)23(38-39)26(36)42/h1-6,9,12,15-16H,7-8,10H2,(H2,35,41)(H2,36,42)(H,37,43)/t12-,15?,16+/m0/s1. The van der Waals surface area contributed by atoms with E-state index in [0.29, 0.717) is 0 Å². The highest BCUT2D eigenvalue weighted by atomic mass is 35.5. The van der Waals surface area contributed by atoms with Crippen molar-refractivity contribution in [3.8, 4) is 11.1 Å². The zero-order valence-electron chi connectivity index (χ0n) is 22.3. The van der Waals surface area contributed by atoms with Gasteiger partial charge in [-0.3, -0.25) is 23.9 Å². The highest BCUT2D eigenvalue weighted by Gasteiger charge is 2.43. The SMILES string of the molecule is NC(=O)c1ccc(Cl)c(-c2cccc(NC(=O)[C@@H]3C[C@@H](F)CC3C(=O)Cn3nc(C(N)=O)c4sc(C(F)(F)F)cc43)c2F)c1. The Labute approximate surface area is 253 Å². The molecule has 1 unspecified atom stereocenters. The fraction of sp³-hybridized carbons (Fsp3) is 0.250. The van der Waals surface area contributed by atoms with Gasteiger partial charge in [0, 0.05) is 27.6 Å². The number of Topliss-reactive ketones (excluding diaryl/α,β-unsaturated/α-hetero) is 1. The van der Waals surface area contributed by atoms with Crippen molar-refractivity contribution in [1.29, 1.82) is 0 Å². The Hall–Kier alpha value is -4.37. The topological polar surface area (TPSA) is 150 Å². The van der Waals surface area contributed by atoms with Crippen LogP contribution in [0.5, 0.6) is 0 Å². The van der Waals surface area contributed by atoms with Crippen molar-refractivity contribution in [1.82, 2.24) is 9.78 Å². The molecule has 0 saturated heterocycles. The first-order valence-corrected chi connectivity index (χ1v) is 14.1. The molecular weight excluding hydrogens is 633 g/mol. The number of anilines is 1. The summed E-state index contributed by atoms with van der Waals surface area (Å²) in [6.07, 6.45) is -7.03. The summed E-state index contributed by atoms with van der Waals surface area (Å²) in [5.74, 6) is -6.87. The fourth-order valence-corrected chi connectivity index (χ4v) is 6.45. The van der Waals surface area contributed by atoms with Crippen LogP contribution in [-0.2, 0) is 22.3 Å². The van der Waals surface area contributed by atoms with Crippen LogP contribution in [0.15, 0.2) is 42.5 Å². The van der Waals surface area contributed by atoms with Crippen molar-refractivity contribution in [2.24, 2.45) is 23.3 Å². The van der Waals surface area contributed by atoms with E-state index in [1.807, 2.05) is 0 Å². The summed E-state index contributed by atoms with van der Waals surface area (Å²) in [6.45, 7) is -0.669. The number of nitrogens with two attached hydrogens (primary N) is 2. The van der Waals surface area contributed by atoms with Gasteiger partial charge >= 0.3 is 6.18 Å². The Morgan fingerprint density at radius 1 is 1.02 bits per heavy atom. The van der Waals surface area contributed by atoms with Crippen LogP contribution in [0.2, 0.25) is 5.02 Å². The Morgan fingerprint density at radius 2 is 1.73 bits per heavy atom. The first-order valence-electron chi connectivity index (χ1n) is 12.9. The van der Waals surface area contributed by atoms with Crippen molar-refractivity contribution >= 4 is 62.3 Å². The monoisotopic (exact) mass is 653 g/mol. The molecule has 44 heavy (non-hydrogen) atoms. The minimum Gasteiger partial charge on any atom is -0.366 e. The average Bonchev–Trinajstić information content (AvgIpc) is 3.64. The van der Waals surface area contributed by atoms with Gasteiger partial charge in [-0.25, -0.2) is 8.78 Å². The van der Waals surface area contributed by atoms with Crippen LogP contribution in [0.3, 0.4) is 0 Å². The normalized spacial score (nSPS) is 18.5. The summed E-state index contributed by atoms with van der Waals surface area (Å²) in [5, 5.41) is 6.37. The summed E-state index contributed by atoms with van der Waals surface area (Å²) < 4.78 is 70.8. The van der Waals surface area contributed by atoms with E-state index in [-0.39, 0.29) is 61.8 Å². The van der Waals surface area contributed by atoms with Gasteiger partial charge in [0.1, 0.15) is 17.6 Å². The van der Waals surface area contributed by atoms with Gasteiger partial charge in [-0.1, -0.05) is 23.7 Å². The van der Waals surface area contributed by atoms with E-state index in [4.69, 9.17) is 23.1 Å². The number of primary amides is 2. The molecule has 230 valence electrons. The molecule has 3 amide bonds. The number of fused-ring (bicyclic) bond motifs is 1. The van der Waals surface area contributed by atoms with E-state index in [1.165, 1.54) is 36.4 Å². The van der Waals surface area contributed by atoms with Crippen LogP contribution in [0.1, 0.15) is 38.6 Å². The molecule has 1 aliphatic rings. The predicted octanol–water partition coefficient (Wildman–Crippen LogP) is 5.35. The number of nitrogens with one attached hydrogen (secondary N) is 1. The minimum atomic E-state index is -4.73. The van der Waals surface area contributed by atoms with Crippen molar-refractivity contribution in [2.75, 3.05) is 5.32 Å². The van der Waals surface area contributed by atoms with Crippen LogP contribution in [0.4, 0.5) is 27.6 Å². The number of amides is 3. The van der Waals surface area contributed by atoms with E-state index in [2.05, 4.69) is 10.4 Å². The van der Waals surface area contributed by atoms with Gasteiger partial charge in [-0.05, 0) is 43.2 Å². The molecule has 0 bridgehead atoms. The molecular formula is C28H21ClF5N5O4S. The van der Waals surface area contributed by atoms with Crippen LogP contribution >= 0.6 is 22.9 Å². The number of rotatable bonds is 8. The number of aromatic nitrogens is 2. The lowest BCUT2D eigenvalue weighted by Crippen LogP contribution is -2.32. The molecule has 5 N–H and O–H groups in total. The second-order valence-electron chi connectivity index (χ2n) is 10.2. The number of carbonyl (C=O) groups is 4. The largest absolute Gasteiger partial charge is 0.425 e. The number of hydrogen-bond donors (Lipinski definition) is 3. The third-order valence-corrected chi connectivity index (χ3v) is 8.80. The lowest BCUT2D eigenvalue weighted by Gasteiger charge is -2.19. The number of nitrogens with zero attached hydrogens (tertiary/aromatic N) is 2. The van der Waals surface area contributed by atoms with Crippen molar-refractivity contribution in [3.63, 3.8) is 0 Å². The first kappa shape index (κ1) is 31.1. The molecule has 9 nitrogen and oxygen atoms in total. The van der Waals surface area contributed by atoms with E-state index in [9.17, 15) is 36.7 Å². The van der Waals surface area contributed by atoms with Crippen molar-refractivity contribution < 1.29 is 41.1 Å². The van der Waals surface area contributed by atoms with Crippen LogP contribution in [-0.4, -0.2) is 39.5 Å². The number of halogens is 6. The molecule has 5 rings (SSSR count). The number of alkyl halides is 4. The van der Waals surface area contributed by atoms with Crippen LogP contribution in [0.25, 0.3) is 21.3 Å². The summed E-state index contributed by atoms with van der Waals surface area (Å²) in [7, 11) is 0. The summed E-state index contributed by atoms with van der Waals surface area (Å²) in [5.41, 5.74) is 9.76. The second kappa shape index (κ2) is 11.6. The predicted molar refractivity (Wildman–Crippen MR) is 151 cm³/mol. The molecule has 16 heteroatoms. The molecule has 0 radical (unpaired) electrons. The molecule has 1 fully saturated rings. The molecule has 2 heterocycles. The molecule has 3 atom stereocenters. The fourth-order valence-electron chi connectivity index (χ4n) is 5.22. The Balaban J connectivity index is 1.40. The molecule has 4 aromatic rings. The van der Waals surface area contributed by atoms with Gasteiger partial charge < -0.3 is 16.8 Å². The molecule has 0 spiro atoms. The van der Waals surface area contributed by atoms with Gasteiger partial charge in [-0.2, -0.15) is 18.3 Å². The van der Waals surface area contributed by atoms with Crippen LogP contribution < -0.4 is 16.8 Å². The van der Waals surface area contributed by atoms with Gasteiger partial charge in [0.05, 0.1) is 21.8 Å². The van der Waals surface area contributed by atoms with E-state index < -0.39 is 70.6 Å². The smallest absolute Gasteiger partial charge is 0.366 e. The quantitative estimate of drug-likeness (QED) is 0.219. The number of ketones is 1. The van der Waals surface area contributed by atoms with Crippen molar-refractivity contribution in [3.05, 3.63) is 69.4 Å². The highest BCUT2D eigenvalue weighted by molar-refractivity contribution is 7.19. The maximum Gasteiger partial charge on any atom is 0.425 e. The third kappa shape index (κ3) is 5.88. The highest BCUT2D eigenvalue weighted by Crippen LogP contribution is 2.41. The number of carbonyl (C=O) groups excluding carboxylic acids is 4. The Kier molecular flexibility index (Phi) is 8.20. The van der Waals surface area contributed by atoms with Gasteiger partial charge in [0.15, 0.2) is 17.3 Å². The molecule has 1 aliphatic carbocycles. The first-order chi connectivity index (χ1) is 20.6. The van der Waals surface area contributed by atoms with E-state index >= 15 is 4.39 Å². The van der Waals surface area contributed by atoms with Gasteiger partial charge in [-0.15, -0.1) is 11.3 Å². The Morgan fingerprint density at radius 3 is 2.39 bits per heavy atom. The summed E-state index contributed by atoms with van der Waals surface area (Å²) in [6, 6.07) is 8.74. The third-order valence-electron chi connectivity index (χ3n) is 7.30. The van der Waals surface area contributed by atoms with Crippen molar-refractivity contribution in [2.45, 2.75) is 31.7 Å². The summed E-state index contributed by atoms with van der Waals surface area (Å²) >= 11 is 6.45. The molecule has 1 saturated carbocycles. The summed E-state index contributed by atoms with van der Waals surface area (Å²) in [4.78, 5) is 49.0. The number of thiophene rings is 1. The van der Waals surface area contributed by atoms with E-state index in [0.717, 1.165) is 10.7 Å². The maximum absolute atomic E-state index is 15.6. The second-order valence-corrected chi connectivity index (χ2v) is 11.6.